The first-order valence-corrected chi connectivity index (χ1v) is 5.82. The highest BCUT2D eigenvalue weighted by Crippen LogP contribution is 2.29. The Bertz CT molecular complexity index is 288. The third-order valence-electron chi connectivity index (χ3n) is 2.08. The zero-order valence-corrected chi connectivity index (χ0v) is 9.45. The summed E-state index contributed by atoms with van der Waals surface area (Å²) in [7, 11) is 0. The lowest BCUT2D eigenvalue weighted by Gasteiger charge is -2.13. The number of halogens is 1. The summed E-state index contributed by atoms with van der Waals surface area (Å²) in [6.45, 7) is 2.78. The van der Waals surface area contributed by atoms with E-state index in [9.17, 15) is 0 Å². The van der Waals surface area contributed by atoms with E-state index in [0.717, 1.165) is 5.02 Å². The van der Waals surface area contributed by atoms with Gasteiger partial charge in [0.1, 0.15) is 0 Å². The fourth-order valence-electron chi connectivity index (χ4n) is 1.22. The van der Waals surface area contributed by atoms with Crippen LogP contribution in [0.15, 0.2) is 23.1 Å². The Labute approximate surface area is 88.7 Å². The van der Waals surface area contributed by atoms with Crippen molar-refractivity contribution in [2.75, 3.05) is 12.8 Å². The van der Waals surface area contributed by atoms with Crippen molar-refractivity contribution in [3.8, 4) is 0 Å². The summed E-state index contributed by atoms with van der Waals surface area (Å²) in [6, 6.07) is 5.97. The van der Waals surface area contributed by atoms with Crippen LogP contribution in [0.5, 0.6) is 0 Å². The van der Waals surface area contributed by atoms with Crippen LogP contribution in [0.4, 0.5) is 0 Å². The summed E-state index contributed by atoms with van der Waals surface area (Å²) in [5.41, 5.74) is 6.88. The van der Waals surface area contributed by atoms with Gasteiger partial charge in [-0.15, -0.1) is 11.8 Å². The van der Waals surface area contributed by atoms with Crippen LogP contribution in [0.1, 0.15) is 18.4 Å². The maximum absolute atomic E-state index is 5.92. The second-order valence-electron chi connectivity index (χ2n) is 3.02. The Kier molecular flexibility index (Phi) is 4.10. The minimum absolute atomic E-state index is 0.376. The average molecular weight is 216 g/mol. The quantitative estimate of drug-likeness (QED) is 0.785. The number of thioether (sulfide) groups is 1. The van der Waals surface area contributed by atoms with E-state index in [1.54, 1.807) is 11.8 Å². The Balaban J connectivity index is 3.07. The van der Waals surface area contributed by atoms with Crippen molar-refractivity contribution in [2.45, 2.75) is 17.7 Å². The van der Waals surface area contributed by atoms with Crippen LogP contribution >= 0.6 is 23.4 Å². The monoisotopic (exact) mass is 215 g/mol. The first-order chi connectivity index (χ1) is 6.19. The molecule has 0 saturated heterocycles. The first kappa shape index (κ1) is 10.9. The number of hydrogen-bond donors (Lipinski definition) is 1. The van der Waals surface area contributed by atoms with E-state index < -0.39 is 0 Å². The lowest BCUT2D eigenvalue weighted by molar-refractivity contribution is 0.758. The van der Waals surface area contributed by atoms with Crippen LogP contribution in [-0.4, -0.2) is 12.8 Å². The van der Waals surface area contributed by atoms with E-state index in [0.29, 0.717) is 12.5 Å². The Morgan fingerprint density at radius 3 is 2.77 bits per heavy atom. The standard InChI is InChI=1S/C10H14ClNS/c1-7(6-12)9-5-8(11)3-4-10(9)13-2/h3-5,7H,6,12H2,1-2H3. The summed E-state index contributed by atoms with van der Waals surface area (Å²) in [4.78, 5) is 1.27. The van der Waals surface area contributed by atoms with Gasteiger partial charge in [0.2, 0.25) is 0 Å². The van der Waals surface area contributed by atoms with Crippen LogP contribution in [0.2, 0.25) is 5.02 Å². The molecule has 0 radical (unpaired) electrons. The minimum atomic E-state index is 0.376. The molecule has 0 spiro atoms. The van der Waals surface area contributed by atoms with Crippen LogP contribution in [0, 0.1) is 0 Å². The molecule has 2 N–H and O–H groups in total. The van der Waals surface area contributed by atoms with Crippen molar-refractivity contribution in [1.29, 1.82) is 0 Å². The molecular weight excluding hydrogens is 202 g/mol. The lowest BCUT2D eigenvalue weighted by atomic mass is 10.0. The SMILES string of the molecule is CSc1ccc(Cl)cc1C(C)CN. The van der Waals surface area contributed by atoms with E-state index in [1.165, 1.54) is 10.5 Å². The van der Waals surface area contributed by atoms with Gasteiger partial charge in [-0.25, -0.2) is 0 Å². The van der Waals surface area contributed by atoms with Crippen molar-refractivity contribution >= 4 is 23.4 Å². The van der Waals surface area contributed by atoms with E-state index in [1.807, 2.05) is 12.1 Å². The molecule has 0 aliphatic rings. The molecule has 0 aromatic heterocycles. The Morgan fingerprint density at radius 1 is 1.54 bits per heavy atom. The van der Waals surface area contributed by atoms with Crippen molar-refractivity contribution in [3.63, 3.8) is 0 Å². The lowest BCUT2D eigenvalue weighted by Crippen LogP contribution is -2.09. The fourth-order valence-corrected chi connectivity index (χ4v) is 2.10. The van der Waals surface area contributed by atoms with Gasteiger partial charge in [0.15, 0.2) is 0 Å². The van der Waals surface area contributed by atoms with Gasteiger partial charge in [-0.2, -0.15) is 0 Å². The van der Waals surface area contributed by atoms with Crippen molar-refractivity contribution in [1.82, 2.24) is 0 Å². The molecule has 1 aromatic rings. The summed E-state index contributed by atoms with van der Waals surface area (Å²) < 4.78 is 0. The van der Waals surface area contributed by atoms with E-state index >= 15 is 0 Å². The van der Waals surface area contributed by atoms with Crippen LogP contribution in [-0.2, 0) is 0 Å². The number of rotatable bonds is 3. The normalized spacial score (nSPS) is 12.9. The fraction of sp³-hybridized carbons (Fsp3) is 0.400. The highest BCUT2D eigenvalue weighted by atomic mass is 35.5. The molecule has 0 fully saturated rings. The molecule has 72 valence electrons. The van der Waals surface area contributed by atoms with E-state index in [4.69, 9.17) is 17.3 Å². The molecule has 1 atom stereocenters. The smallest absolute Gasteiger partial charge is 0.0409 e. The van der Waals surface area contributed by atoms with Gasteiger partial charge >= 0.3 is 0 Å². The van der Waals surface area contributed by atoms with Gasteiger partial charge in [-0.1, -0.05) is 18.5 Å². The van der Waals surface area contributed by atoms with Gasteiger partial charge in [0.25, 0.3) is 0 Å². The highest BCUT2D eigenvalue weighted by molar-refractivity contribution is 7.98. The van der Waals surface area contributed by atoms with Crippen molar-refractivity contribution in [3.05, 3.63) is 28.8 Å². The second kappa shape index (κ2) is 4.89. The minimum Gasteiger partial charge on any atom is -0.330 e. The first-order valence-electron chi connectivity index (χ1n) is 4.22. The largest absolute Gasteiger partial charge is 0.330 e. The van der Waals surface area contributed by atoms with Gasteiger partial charge < -0.3 is 5.73 Å². The average Bonchev–Trinajstić information content (AvgIpc) is 2.16. The molecule has 3 heteroatoms. The third kappa shape index (κ3) is 2.63. The number of benzene rings is 1. The van der Waals surface area contributed by atoms with Crippen LogP contribution in [0.3, 0.4) is 0 Å². The molecule has 13 heavy (non-hydrogen) atoms. The van der Waals surface area contributed by atoms with Gasteiger partial charge in [-0.05, 0) is 42.5 Å². The predicted molar refractivity (Wildman–Crippen MR) is 60.7 cm³/mol. The van der Waals surface area contributed by atoms with Crippen LogP contribution < -0.4 is 5.73 Å². The predicted octanol–water partition coefficient (Wildman–Crippen LogP) is 3.12. The van der Waals surface area contributed by atoms with E-state index in [-0.39, 0.29) is 0 Å². The molecule has 0 aliphatic heterocycles. The Morgan fingerprint density at radius 2 is 2.23 bits per heavy atom. The van der Waals surface area contributed by atoms with Gasteiger partial charge in [0.05, 0.1) is 0 Å². The zero-order chi connectivity index (χ0) is 9.84. The molecule has 0 bridgehead atoms. The van der Waals surface area contributed by atoms with Gasteiger partial charge in [0, 0.05) is 9.92 Å². The zero-order valence-electron chi connectivity index (χ0n) is 7.88. The molecular formula is C10H14ClNS. The topological polar surface area (TPSA) is 26.0 Å². The summed E-state index contributed by atoms with van der Waals surface area (Å²) in [6.07, 6.45) is 2.07. The summed E-state index contributed by atoms with van der Waals surface area (Å²) in [5.74, 6) is 0.376. The third-order valence-corrected chi connectivity index (χ3v) is 3.12. The molecule has 0 heterocycles. The summed E-state index contributed by atoms with van der Waals surface area (Å²) >= 11 is 7.66. The molecule has 0 amide bonds. The number of nitrogens with two attached hydrogens (primary N) is 1. The Hall–Kier alpha value is -0.180. The second-order valence-corrected chi connectivity index (χ2v) is 4.31. The van der Waals surface area contributed by atoms with Crippen molar-refractivity contribution < 1.29 is 0 Å². The van der Waals surface area contributed by atoms with Crippen molar-refractivity contribution in [2.24, 2.45) is 5.73 Å². The maximum Gasteiger partial charge on any atom is 0.0409 e. The highest BCUT2D eigenvalue weighted by Gasteiger charge is 2.08. The molecule has 0 saturated carbocycles. The molecule has 1 unspecified atom stereocenters. The molecule has 1 rings (SSSR count). The van der Waals surface area contributed by atoms with Crippen LogP contribution in [0.25, 0.3) is 0 Å². The van der Waals surface area contributed by atoms with E-state index in [2.05, 4.69) is 19.2 Å². The maximum atomic E-state index is 5.92. The molecule has 0 aliphatic carbocycles. The molecule has 1 nitrogen and oxygen atoms in total. The summed E-state index contributed by atoms with van der Waals surface area (Å²) in [5, 5.41) is 0.785. The molecule has 1 aromatic carbocycles. The van der Waals surface area contributed by atoms with Gasteiger partial charge in [-0.3, -0.25) is 0 Å². The number of hydrogen-bond acceptors (Lipinski definition) is 2.